The van der Waals surface area contributed by atoms with Gasteiger partial charge in [0.15, 0.2) is 0 Å². The van der Waals surface area contributed by atoms with Crippen molar-refractivity contribution in [3.63, 3.8) is 0 Å². The highest BCUT2D eigenvalue weighted by atomic mass is 19.4. The number of hydrogen-bond acceptors (Lipinski definition) is 2. The third kappa shape index (κ3) is 3.92. The third-order valence-electron chi connectivity index (χ3n) is 3.77. The summed E-state index contributed by atoms with van der Waals surface area (Å²) in [5.41, 5.74) is -1.41. The average Bonchev–Trinajstić information content (AvgIpc) is 2.95. The zero-order valence-electron chi connectivity index (χ0n) is 13.2. The van der Waals surface area contributed by atoms with Crippen molar-refractivity contribution in [3.05, 3.63) is 59.4 Å². The predicted molar refractivity (Wildman–Crippen MR) is 84.7 cm³/mol. The Morgan fingerprint density at radius 1 is 0.923 bits per heavy atom. The molecule has 2 aromatic carbocycles. The summed E-state index contributed by atoms with van der Waals surface area (Å²) in [5.74, 6) is 0.527. The van der Waals surface area contributed by atoms with Crippen LogP contribution in [-0.4, -0.2) is 16.5 Å². The molecule has 1 aromatic heterocycles. The van der Waals surface area contributed by atoms with Crippen molar-refractivity contribution in [1.82, 2.24) is 9.97 Å². The van der Waals surface area contributed by atoms with Gasteiger partial charge in [0.05, 0.1) is 22.2 Å². The second kappa shape index (κ2) is 6.54. The van der Waals surface area contributed by atoms with Gasteiger partial charge in [-0.1, -0.05) is 12.1 Å². The molecule has 0 aliphatic rings. The number of imidazole rings is 1. The first-order valence-corrected chi connectivity index (χ1v) is 7.60. The second-order valence-corrected chi connectivity index (χ2v) is 5.63. The Hall–Kier alpha value is -2.71. The lowest BCUT2D eigenvalue weighted by molar-refractivity contribution is -0.140. The Labute approximate surface area is 144 Å². The van der Waals surface area contributed by atoms with E-state index >= 15 is 0 Å². The number of para-hydroxylation sites is 2. The molecular formula is C17H13F6N3. The standard InChI is InChI=1S/C17H13F6N3/c18-16(19,20)10-5-6-11(17(21,22)23)14(9-10)24-8-7-15-25-12-3-1-2-4-13(12)26-15/h1-6,9,24H,7-8H2,(H,25,26). The van der Waals surface area contributed by atoms with Crippen LogP contribution in [0.25, 0.3) is 11.0 Å². The Kier molecular flexibility index (Phi) is 4.55. The lowest BCUT2D eigenvalue weighted by Crippen LogP contribution is -2.15. The summed E-state index contributed by atoms with van der Waals surface area (Å²) in [4.78, 5) is 7.28. The van der Waals surface area contributed by atoms with Crippen molar-refractivity contribution in [2.24, 2.45) is 0 Å². The topological polar surface area (TPSA) is 40.7 Å². The molecule has 0 radical (unpaired) electrons. The lowest BCUT2D eigenvalue weighted by atomic mass is 10.1. The van der Waals surface area contributed by atoms with Gasteiger partial charge < -0.3 is 10.3 Å². The van der Waals surface area contributed by atoms with Crippen molar-refractivity contribution in [1.29, 1.82) is 0 Å². The fourth-order valence-corrected chi connectivity index (χ4v) is 2.55. The molecule has 0 aliphatic carbocycles. The molecule has 0 atom stereocenters. The lowest BCUT2D eigenvalue weighted by Gasteiger charge is -2.17. The van der Waals surface area contributed by atoms with Crippen molar-refractivity contribution in [3.8, 4) is 0 Å². The van der Waals surface area contributed by atoms with Crippen molar-refractivity contribution in [2.75, 3.05) is 11.9 Å². The molecule has 3 aromatic rings. The summed E-state index contributed by atoms with van der Waals surface area (Å²) in [6.07, 6.45) is -9.26. The number of benzene rings is 2. The van der Waals surface area contributed by atoms with Gasteiger partial charge in [-0.15, -0.1) is 0 Å². The third-order valence-corrected chi connectivity index (χ3v) is 3.77. The quantitative estimate of drug-likeness (QED) is 0.613. The van der Waals surface area contributed by atoms with E-state index in [0.717, 1.165) is 5.52 Å². The number of anilines is 1. The number of fused-ring (bicyclic) bond motifs is 1. The second-order valence-electron chi connectivity index (χ2n) is 5.63. The summed E-state index contributed by atoms with van der Waals surface area (Å²) in [6.45, 7) is -0.00971. The number of H-pyrrole nitrogens is 1. The summed E-state index contributed by atoms with van der Waals surface area (Å²) >= 11 is 0. The first kappa shape index (κ1) is 18.1. The van der Waals surface area contributed by atoms with Crippen LogP contribution in [0.4, 0.5) is 32.0 Å². The first-order chi connectivity index (χ1) is 12.1. The fourth-order valence-electron chi connectivity index (χ4n) is 2.55. The average molecular weight is 373 g/mol. The van der Waals surface area contributed by atoms with E-state index in [2.05, 4.69) is 15.3 Å². The highest BCUT2D eigenvalue weighted by molar-refractivity contribution is 5.74. The molecule has 138 valence electrons. The number of aromatic amines is 1. The normalized spacial score (nSPS) is 12.5. The molecule has 0 fully saturated rings. The molecule has 1 heterocycles. The predicted octanol–water partition coefficient (Wildman–Crippen LogP) is 5.26. The SMILES string of the molecule is FC(F)(F)c1ccc(C(F)(F)F)c(NCCc2nc3ccccc3[nH]2)c1. The molecule has 0 unspecified atom stereocenters. The van der Waals surface area contributed by atoms with E-state index in [1.54, 1.807) is 24.3 Å². The molecule has 0 aliphatic heterocycles. The van der Waals surface area contributed by atoms with Crippen LogP contribution in [0.1, 0.15) is 17.0 Å². The van der Waals surface area contributed by atoms with Gasteiger partial charge in [0.1, 0.15) is 5.82 Å². The Morgan fingerprint density at radius 3 is 2.31 bits per heavy atom. The molecule has 2 N–H and O–H groups in total. The molecule has 0 spiro atoms. The van der Waals surface area contributed by atoms with Crippen molar-refractivity contribution < 1.29 is 26.3 Å². The minimum absolute atomic E-state index is 0.00971. The molecule has 26 heavy (non-hydrogen) atoms. The van der Waals surface area contributed by atoms with Gasteiger partial charge in [0, 0.05) is 18.7 Å². The van der Waals surface area contributed by atoms with E-state index in [1.165, 1.54) is 0 Å². The van der Waals surface area contributed by atoms with Gasteiger partial charge in [-0.3, -0.25) is 0 Å². The number of nitrogens with zero attached hydrogens (tertiary/aromatic N) is 1. The summed E-state index contributed by atoms with van der Waals surface area (Å²) in [6, 6.07) is 8.51. The van der Waals surface area contributed by atoms with Crippen LogP contribution in [0.3, 0.4) is 0 Å². The van der Waals surface area contributed by atoms with Crippen LogP contribution < -0.4 is 5.32 Å². The minimum Gasteiger partial charge on any atom is -0.384 e. The van der Waals surface area contributed by atoms with Gasteiger partial charge in [-0.25, -0.2) is 4.98 Å². The Bertz CT molecular complexity index is 878. The number of hydrogen-bond donors (Lipinski definition) is 2. The number of halogens is 6. The van der Waals surface area contributed by atoms with Crippen LogP contribution in [0.2, 0.25) is 0 Å². The fraction of sp³-hybridized carbons (Fsp3) is 0.235. The molecule has 0 bridgehead atoms. The maximum absolute atomic E-state index is 13.0. The monoisotopic (exact) mass is 373 g/mol. The van der Waals surface area contributed by atoms with Crippen molar-refractivity contribution in [2.45, 2.75) is 18.8 Å². The van der Waals surface area contributed by atoms with E-state index in [1.807, 2.05) is 0 Å². The number of rotatable bonds is 4. The molecule has 0 saturated carbocycles. The van der Waals surface area contributed by atoms with Crippen LogP contribution >= 0.6 is 0 Å². The van der Waals surface area contributed by atoms with E-state index in [4.69, 9.17) is 0 Å². The number of aromatic nitrogens is 2. The minimum atomic E-state index is -4.76. The van der Waals surface area contributed by atoms with E-state index in [0.29, 0.717) is 29.5 Å². The van der Waals surface area contributed by atoms with E-state index in [9.17, 15) is 26.3 Å². The largest absolute Gasteiger partial charge is 0.418 e. The van der Waals surface area contributed by atoms with Crippen molar-refractivity contribution >= 4 is 16.7 Å². The zero-order valence-corrected chi connectivity index (χ0v) is 13.2. The summed E-state index contributed by atoms with van der Waals surface area (Å²) in [5, 5.41) is 2.45. The Morgan fingerprint density at radius 2 is 1.65 bits per heavy atom. The van der Waals surface area contributed by atoms with E-state index < -0.39 is 29.2 Å². The highest BCUT2D eigenvalue weighted by Crippen LogP contribution is 2.38. The smallest absolute Gasteiger partial charge is 0.384 e. The summed E-state index contributed by atoms with van der Waals surface area (Å²) < 4.78 is 77.4. The van der Waals surface area contributed by atoms with E-state index in [-0.39, 0.29) is 13.0 Å². The molecule has 0 saturated heterocycles. The number of nitrogens with one attached hydrogen (secondary N) is 2. The maximum Gasteiger partial charge on any atom is 0.418 e. The highest BCUT2D eigenvalue weighted by Gasteiger charge is 2.37. The molecule has 3 rings (SSSR count). The van der Waals surface area contributed by atoms with Crippen LogP contribution in [0.5, 0.6) is 0 Å². The van der Waals surface area contributed by atoms with Crippen LogP contribution in [0, 0.1) is 0 Å². The van der Waals surface area contributed by atoms with Crippen LogP contribution in [0.15, 0.2) is 42.5 Å². The first-order valence-electron chi connectivity index (χ1n) is 7.60. The van der Waals surface area contributed by atoms with Gasteiger partial charge >= 0.3 is 12.4 Å². The summed E-state index contributed by atoms with van der Waals surface area (Å²) in [7, 11) is 0. The molecule has 3 nitrogen and oxygen atoms in total. The number of alkyl halides is 6. The zero-order chi connectivity index (χ0) is 18.9. The van der Waals surface area contributed by atoms with Gasteiger partial charge in [0.2, 0.25) is 0 Å². The Balaban J connectivity index is 1.79. The van der Waals surface area contributed by atoms with Gasteiger partial charge in [-0.05, 0) is 30.3 Å². The van der Waals surface area contributed by atoms with Gasteiger partial charge in [0.25, 0.3) is 0 Å². The maximum atomic E-state index is 13.0. The molecular weight excluding hydrogens is 360 g/mol. The molecule has 0 amide bonds. The molecule has 9 heteroatoms. The van der Waals surface area contributed by atoms with Gasteiger partial charge in [-0.2, -0.15) is 26.3 Å². The van der Waals surface area contributed by atoms with Crippen LogP contribution in [-0.2, 0) is 18.8 Å².